The molecule has 0 saturated carbocycles. The molecule has 3 aromatic carbocycles. The van der Waals surface area contributed by atoms with Crippen LogP contribution in [0.4, 0.5) is 0 Å². The standard InChI is InChI=1S/C22H20O4/c1-24-22-20(25-15-17-8-4-2-5-9-17)12-19(14-23)13-21(22)26-16-18-10-6-3-7-11-18/h2-14H,15-16H2,1H3. The molecule has 132 valence electrons. The summed E-state index contributed by atoms with van der Waals surface area (Å²) in [6, 6.07) is 22.9. The Labute approximate surface area is 153 Å². The summed E-state index contributed by atoms with van der Waals surface area (Å²) in [5, 5.41) is 0. The van der Waals surface area contributed by atoms with Gasteiger partial charge in [0.1, 0.15) is 19.5 Å². The number of hydrogen-bond donors (Lipinski definition) is 0. The highest BCUT2D eigenvalue weighted by Crippen LogP contribution is 2.39. The number of carbonyl (C=O) groups excluding carboxylic acids is 1. The molecule has 0 atom stereocenters. The van der Waals surface area contributed by atoms with Crippen molar-refractivity contribution >= 4 is 6.29 Å². The first-order valence-corrected chi connectivity index (χ1v) is 8.31. The van der Waals surface area contributed by atoms with Gasteiger partial charge in [0, 0.05) is 5.56 Å². The molecule has 4 heteroatoms. The Bertz CT molecular complexity index is 780. The van der Waals surface area contributed by atoms with E-state index in [1.807, 2.05) is 60.7 Å². The van der Waals surface area contributed by atoms with Gasteiger partial charge in [0.15, 0.2) is 11.5 Å². The van der Waals surface area contributed by atoms with E-state index in [1.165, 1.54) is 0 Å². The average molecular weight is 348 g/mol. The van der Waals surface area contributed by atoms with Crippen molar-refractivity contribution < 1.29 is 19.0 Å². The van der Waals surface area contributed by atoms with Gasteiger partial charge in [-0.2, -0.15) is 0 Å². The maximum Gasteiger partial charge on any atom is 0.203 e. The van der Waals surface area contributed by atoms with Crippen LogP contribution in [0.1, 0.15) is 21.5 Å². The van der Waals surface area contributed by atoms with Crippen molar-refractivity contribution in [2.24, 2.45) is 0 Å². The van der Waals surface area contributed by atoms with Crippen LogP contribution in [-0.2, 0) is 13.2 Å². The zero-order valence-electron chi connectivity index (χ0n) is 14.6. The number of rotatable bonds is 8. The van der Waals surface area contributed by atoms with Crippen LogP contribution in [0.15, 0.2) is 72.8 Å². The first-order valence-electron chi connectivity index (χ1n) is 8.31. The molecule has 0 aliphatic carbocycles. The summed E-state index contributed by atoms with van der Waals surface area (Å²) >= 11 is 0. The molecule has 0 saturated heterocycles. The third-order valence-electron chi connectivity index (χ3n) is 3.86. The van der Waals surface area contributed by atoms with Gasteiger partial charge in [0.05, 0.1) is 7.11 Å². The second kappa shape index (κ2) is 8.72. The Morgan fingerprint density at radius 3 is 1.62 bits per heavy atom. The maximum absolute atomic E-state index is 11.3. The Morgan fingerprint density at radius 1 is 0.769 bits per heavy atom. The van der Waals surface area contributed by atoms with Gasteiger partial charge in [-0.15, -0.1) is 0 Å². The highest BCUT2D eigenvalue weighted by Gasteiger charge is 2.15. The van der Waals surface area contributed by atoms with Gasteiger partial charge in [-0.1, -0.05) is 60.7 Å². The van der Waals surface area contributed by atoms with Crippen molar-refractivity contribution in [1.29, 1.82) is 0 Å². The molecule has 0 bridgehead atoms. The lowest BCUT2D eigenvalue weighted by atomic mass is 10.2. The molecule has 0 unspecified atom stereocenters. The van der Waals surface area contributed by atoms with Crippen LogP contribution in [0.25, 0.3) is 0 Å². The quantitative estimate of drug-likeness (QED) is 0.555. The Hall–Kier alpha value is -3.27. The summed E-state index contributed by atoms with van der Waals surface area (Å²) in [6.07, 6.45) is 0.768. The van der Waals surface area contributed by atoms with E-state index < -0.39 is 0 Å². The van der Waals surface area contributed by atoms with Crippen LogP contribution < -0.4 is 14.2 Å². The SMILES string of the molecule is COc1c(OCc2ccccc2)cc(C=O)cc1OCc1ccccc1. The van der Waals surface area contributed by atoms with Gasteiger partial charge in [0.2, 0.25) is 5.75 Å². The van der Waals surface area contributed by atoms with Crippen molar-refractivity contribution in [3.63, 3.8) is 0 Å². The molecule has 3 aromatic rings. The smallest absolute Gasteiger partial charge is 0.203 e. The van der Waals surface area contributed by atoms with Crippen LogP contribution in [-0.4, -0.2) is 13.4 Å². The fourth-order valence-electron chi connectivity index (χ4n) is 2.55. The molecular weight excluding hydrogens is 328 g/mol. The normalized spacial score (nSPS) is 10.2. The van der Waals surface area contributed by atoms with Gasteiger partial charge < -0.3 is 14.2 Å². The van der Waals surface area contributed by atoms with Gasteiger partial charge in [-0.05, 0) is 23.3 Å². The van der Waals surface area contributed by atoms with Crippen molar-refractivity contribution in [1.82, 2.24) is 0 Å². The van der Waals surface area contributed by atoms with Gasteiger partial charge >= 0.3 is 0 Å². The molecule has 3 rings (SSSR count). The summed E-state index contributed by atoms with van der Waals surface area (Å²) in [7, 11) is 1.56. The predicted molar refractivity (Wildman–Crippen MR) is 99.9 cm³/mol. The molecule has 0 heterocycles. The van der Waals surface area contributed by atoms with E-state index in [0.29, 0.717) is 36.0 Å². The van der Waals surface area contributed by atoms with Crippen molar-refractivity contribution in [3.8, 4) is 17.2 Å². The summed E-state index contributed by atoms with van der Waals surface area (Å²) in [6.45, 7) is 0.745. The molecule has 0 amide bonds. The Morgan fingerprint density at radius 2 is 1.23 bits per heavy atom. The zero-order valence-corrected chi connectivity index (χ0v) is 14.6. The van der Waals surface area contributed by atoms with Crippen LogP contribution in [0.5, 0.6) is 17.2 Å². The monoisotopic (exact) mass is 348 g/mol. The van der Waals surface area contributed by atoms with Crippen molar-refractivity contribution in [2.45, 2.75) is 13.2 Å². The average Bonchev–Trinajstić information content (AvgIpc) is 2.71. The van der Waals surface area contributed by atoms with E-state index in [0.717, 1.165) is 17.4 Å². The molecule has 0 fully saturated rings. The Balaban J connectivity index is 1.82. The third kappa shape index (κ3) is 4.42. The number of benzene rings is 3. The summed E-state index contributed by atoms with van der Waals surface area (Å²) in [5.74, 6) is 1.43. The van der Waals surface area contributed by atoms with Gasteiger partial charge in [-0.25, -0.2) is 0 Å². The highest BCUT2D eigenvalue weighted by atomic mass is 16.5. The summed E-state index contributed by atoms with van der Waals surface area (Å²) in [5.41, 5.74) is 2.52. The lowest BCUT2D eigenvalue weighted by Crippen LogP contribution is -2.02. The lowest BCUT2D eigenvalue weighted by molar-refractivity contribution is 0.112. The number of aldehydes is 1. The number of methoxy groups -OCH3 is 1. The molecule has 0 aliphatic heterocycles. The van der Waals surface area contributed by atoms with Crippen LogP contribution in [0, 0.1) is 0 Å². The summed E-state index contributed by atoms with van der Waals surface area (Å²) in [4.78, 5) is 11.3. The molecule has 0 N–H and O–H groups in total. The fourth-order valence-corrected chi connectivity index (χ4v) is 2.55. The van der Waals surface area contributed by atoms with Crippen molar-refractivity contribution in [2.75, 3.05) is 7.11 Å². The topological polar surface area (TPSA) is 44.8 Å². The molecule has 4 nitrogen and oxygen atoms in total. The number of carbonyl (C=O) groups is 1. The summed E-state index contributed by atoms with van der Waals surface area (Å²) < 4.78 is 17.3. The molecule has 0 spiro atoms. The second-order valence-corrected chi connectivity index (χ2v) is 5.72. The van der Waals surface area contributed by atoms with E-state index in [4.69, 9.17) is 14.2 Å². The second-order valence-electron chi connectivity index (χ2n) is 5.72. The van der Waals surface area contributed by atoms with Crippen LogP contribution >= 0.6 is 0 Å². The fraction of sp³-hybridized carbons (Fsp3) is 0.136. The minimum Gasteiger partial charge on any atom is -0.490 e. The van der Waals surface area contributed by atoms with Crippen LogP contribution in [0.2, 0.25) is 0 Å². The lowest BCUT2D eigenvalue weighted by Gasteiger charge is -2.16. The number of hydrogen-bond acceptors (Lipinski definition) is 4. The highest BCUT2D eigenvalue weighted by molar-refractivity contribution is 5.78. The first kappa shape index (κ1) is 17.5. The van der Waals surface area contributed by atoms with E-state index >= 15 is 0 Å². The third-order valence-corrected chi connectivity index (χ3v) is 3.86. The van der Waals surface area contributed by atoms with Gasteiger partial charge in [0.25, 0.3) is 0 Å². The minimum absolute atomic E-state index is 0.373. The van der Waals surface area contributed by atoms with E-state index in [2.05, 4.69) is 0 Å². The molecular formula is C22H20O4. The zero-order chi connectivity index (χ0) is 18.2. The predicted octanol–water partition coefficient (Wildman–Crippen LogP) is 4.67. The molecule has 0 aromatic heterocycles. The van der Waals surface area contributed by atoms with Gasteiger partial charge in [-0.3, -0.25) is 4.79 Å². The van der Waals surface area contributed by atoms with Crippen LogP contribution in [0.3, 0.4) is 0 Å². The maximum atomic E-state index is 11.3. The van der Waals surface area contributed by atoms with E-state index in [9.17, 15) is 4.79 Å². The minimum atomic E-state index is 0.373. The molecule has 26 heavy (non-hydrogen) atoms. The van der Waals surface area contributed by atoms with E-state index in [-0.39, 0.29) is 0 Å². The van der Waals surface area contributed by atoms with E-state index in [1.54, 1.807) is 19.2 Å². The number of ether oxygens (including phenoxy) is 3. The Kier molecular flexibility index (Phi) is 5.88. The first-order chi connectivity index (χ1) is 12.8. The molecule has 0 radical (unpaired) electrons. The molecule has 0 aliphatic rings. The largest absolute Gasteiger partial charge is 0.490 e. The van der Waals surface area contributed by atoms with Crippen molar-refractivity contribution in [3.05, 3.63) is 89.5 Å².